The predicted molar refractivity (Wildman–Crippen MR) is 45.1 cm³/mol. The Bertz CT molecular complexity index is 315. The molecule has 2 rings (SSSR count). The average molecular weight is 188 g/mol. The first-order valence-corrected chi connectivity index (χ1v) is 5.94. The largest absolute Gasteiger partial charge is 0.266 e. The molecule has 2 unspecified atom stereocenters. The van der Waals surface area contributed by atoms with Crippen molar-refractivity contribution in [3.63, 3.8) is 0 Å². The summed E-state index contributed by atoms with van der Waals surface area (Å²) in [6, 6.07) is 0. The van der Waals surface area contributed by atoms with Gasteiger partial charge in [-0.05, 0) is 19.3 Å². The van der Waals surface area contributed by atoms with Gasteiger partial charge in [-0.15, -0.1) is 0 Å². The molecule has 0 aromatic heterocycles. The van der Waals surface area contributed by atoms with Crippen molar-refractivity contribution < 1.29 is 12.6 Å². The third kappa shape index (κ3) is 1.54. The molecule has 4 heteroatoms. The van der Waals surface area contributed by atoms with E-state index in [1.807, 2.05) is 0 Å². The molecule has 0 aliphatic heterocycles. The van der Waals surface area contributed by atoms with E-state index in [0.717, 1.165) is 25.5 Å². The normalized spacial score (nSPS) is 33.9. The minimum atomic E-state index is -3.26. The summed E-state index contributed by atoms with van der Waals surface area (Å²) in [4.78, 5) is 0. The van der Waals surface area contributed by atoms with Gasteiger partial charge in [-0.3, -0.25) is 4.18 Å². The van der Waals surface area contributed by atoms with E-state index in [0.29, 0.717) is 5.92 Å². The van der Waals surface area contributed by atoms with Gasteiger partial charge in [0.2, 0.25) is 0 Å². The third-order valence-electron chi connectivity index (χ3n) is 2.49. The number of hydrogen-bond acceptors (Lipinski definition) is 3. The molecule has 0 heterocycles. The van der Waals surface area contributed by atoms with Crippen LogP contribution in [0.1, 0.15) is 19.3 Å². The number of hydrogen-bond donors (Lipinski definition) is 0. The van der Waals surface area contributed by atoms with E-state index in [4.69, 9.17) is 4.18 Å². The molecule has 0 spiro atoms. The third-order valence-corrected chi connectivity index (χ3v) is 3.08. The molecule has 0 saturated heterocycles. The molecule has 2 aliphatic rings. The summed E-state index contributed by atoms with van der Waals surface area (Å²) in [7, 11) is -3.26. The lowest BCUT2D eigenvalue weighted by molar-refractivity contribution is 0.163. The summed E-state index contributed by atoms with van der Waals surface area (Å²) in [5, 5.41) is 0. The van der Waals surface area contributed by atoms with Crippen LogP contribution >= 0.6 is 0 Å². The van der Waals surface area contributed by atoms with Gasteiger partial charge >= 0.3 is 0 Å². The first-order valence-electron chi connectivity index (χ1n) is 4.12. The highest BCUT2D eigenvalue weighted by molar-refractivity contribution is 7.86. The average Bonchev–Trinajstić information content (AvgIpc) is 2.42. The van der Waals surface area contributed by atoms with Crippen molar-refractivity contribution >= 4 is 10.1 Å². The van der Waals surface area contributed by atoms with E-state index in [2.05, 4.69) is 6.08 Å². The molecule has 2 bridgehead atoms. The van der Waals surface area contributed by atoms with E-state index < -0.39 is 10.1 Å². The van der Waals surface area contributed by atoms with Crippen LogP contribution in [0.3, 0.4) is 0 Å². The SMILES string of the molecule is CS(=O)(=O)OC1CC2=CC1CC2. The van der Waals surface area contributed by atoms with Crippen LogP contribution in [0.25, 0.3) is 0 Å². The molecule has 0 amide bonds. The highest BCUT2D eigenvalue weighted by Crippen LogP contribution is 2.40. The molecule has 3 nitrogen and oxygen atoms in total. The van der Waals surface area contributed by atoms with Gasteiger partial charge in [0.1, 0.15) is 0 Å². The zero-order valence-corrected chi connectivity index (χ0v) is 7.80. The lowest BCUT2D eigenvalue weighted by Gasteiger charge is -2.20. The maximum atomic E-state index is 10.8. The second-order valence-corrected chi connectivity index (χ2v) is 5.17. The zero-order valence-electron chi connectivity index (χ0n) is 6.99. The monoisotopic (exact) mass is 188 g/mol. The highest BCUT2D eigenvalue weighted by atomic mass is 32.2. The zero-order chi connectivity index (χ0) is 8.77. The smallest absolute Gasteiger partial charge is 0.264 e. The maximum absolute atomic E-state index is 10.8. The quantitative estimate of drug-likeness (QED) is 0.481. The Morgan fingerprint density at radius 3 is 2.75 bits per heavy atom. The lowest BCUT2D eigenvalue weighted by Crippen LogP contribution is -2.23. The van der Waals surface area contributed by atoms with Gasteiger partial charge in [0.15, 0.2) is 0 Å². The topological polar surface area (TPSA) is 43.4 Å². The lowest BCUT2D eigenvalue weighted by atomic mass is 9.96. The van der Waals surface area contributed by atoms with Crippen LogP contribution in [0.5, 0.6) is 0 Å². The summed E-state index contributed by atoms with van der Waals surface area (Å²) in [5.41, 5.74) is 1.37. The second-order valence-electron chi connectivity index (χ2n) is 3.57. The van der Waals surface area contributed by atoms with Crippen LogP contribution in [0, 0.1) is 5.92 Å². The molecule has 0 radical (unpaired) electrons. The second kappa shape index (κ2) is 2.57. The van der Waals surface area contributed by atoms with Gasteiger partial charge in [0.25, 0.3) is 10.1 Å². The Hall–Kier alpha value is -0.350. The van der Waals surface area contributed by atoms with Crippen molar-refractivity contribution in [3.8, 4) is 0 Å². The standard InChI is InChI=1S/C8H12O3S/c1-12(9,10)11-8-5-6-2-3-7(8)4-6/h4,7-8H,2-3,5H2,1H3. The Kier molecular flexibility index (Phi) is 1.77. The van der Waals surface area contributed by atoms with E-state index in [1.54, 1.807) is 0 Å². The number of fused-ring (bicyclic) bond motifs is 1. The molecule has 0 fully saturated rings. The molecule has 0 aromatic rings. The van der Waals surface area contributed by atoms with Gasteiger partial charge in [-0.1, -0.05) is 11.6 Å². The van der Waals surface area contributed by atoms with Crippen LogP contribution < -0.4 is 0 Å². The minimum Gasteiger partial charge on any atom is -0.266 e. The van der Waals surface area contributed by atoms with Crippen molar-refractivity contribution in [1.29, 1.82) is 0 Å². The van der Waals surface area contributed by atoms with E-state index in [9.17, 15) is 8.42 Å². The summed E-state index contributed by atoms with van der Waals surface area (Å²) in [6.45, 7) is 0. The molecule has 68 valence electrons. The van der Waals surface area contributed by atoms with Crippen molar-refractivity contribution in [1.82, 2.24) is 0 Å². The molecule has 0 N–H and O–H groups in total. The molecule has 2 aliphatic carbocycles. The van der Waals surface area contributed by atoms with Crippen LogP contribution in [-0.4, -0.2) is 20.8 Å². The Labute approximate surface area is 72.5 Å². The summed E-state index contributed by atoms with van der Waals surface area (Å²) >= 11 is 0. The first-order chi connectivity index (χ1) is 5.54. The Morgan fingerprint density at radius 2 is 2.33 bits per heavy atom. The van der Waals surface area contributed by atoms with E-state index in [1.165, 1.54) is 5.57 Å². The molecule has 12 heavy (non-hydrogen) atoms. The molecule has 0 aromatic carbocycles. The van der Waals surface area contributed by atoms with Crippen molar-refractivity contribution in [2.24, 2.45) is 5.92 Å². The van der Waals surface area contributed by atoms with Gasteiger partial charge < -0.3 is 0 Å². The fraction of sp³-hybridized carbons (Fsp3) is 0.750. The van der Waals surface area contributed by atoms with Crippen molar-refractivity contribution in [3.05, 3.63) is 11.6 Å². The van der Waals surface area contributed by atoms with Crippen molar-refractivity contribution in [2.45, 2.75) is 25.4 Å². The van der Waals surface area contributed by atoms with Crippen LogP contribution in [0.4, 0.5) is 0 Å². The minimum absolute atomic E-state index is 0.0938. The van der Waals surface area contributed by atoms with Gasteiger partial charge in [0, 0.05) is 5.92 Å². The summed E-state index contributed by atoms with van der Waals surface area (Å²) in [5.74, 6) is 0.356. The highest BCUT2D eigenvalue weighted by Gasteiger charge is 2.35. The molecular weight excluding hydrogens is 176 g/mol. The van der Waals surface area contributed by atoms with E-state index >= 15 is 0 Å². The summed E-state index contributed by atoms with van der Waals surface area (Å²) in [6.07, 6.45) is 6.20. The number of rotatable bonds is 2. The molecule has 0 saturated carbocycles. The van der Waals surface area contributed by atoms with E-state index in [-0.39, 0.29) is 6.10 Å². The fourth-order valence-electron chi connectivity index (χ4n) is 2.02. The van der Waals surface area contributed by atoms with Crippen molar-refractivity contribution in [2.75, 3.05) is 6.26 Å². The van der Waals surface area contributed by atoms with Crippen LogP contribution in [-0.2, 0) is 14.3 Å². The Balaban J connectivity index is 2.02. The fourth-order valence-corrected chi connectivity index (χ4v) is 2.68. The summed E-state index contributed by atoms with van der Waals surface area (Å²) < 4.78 is 26.6. The maximum Gasteiger partial charge on any atom is 0.264 e. The van der Waals surface area contributed by atoms with Gasteiger partial charge in [-0.2, -0.15) is 8.42 Å². The molecule has 2 atom stereocenters. The van der Waals surface area contributed by atoms with Gasteiger partial charge in [0.05, 0.1) is 12.4 Å². The predicted octanol–water partition coefficient (Wildman–Crippen LogP) is 1.07. The molecular formula is C8H12O3S. The first kappa shape index (κ1) is 8.26. The Morgan fingerprint density at radius 1 is 1.58 bits per heavy atom. The van der Waals surface area contributed by atoms with Crippen LogP contribution in [0.15, 0.2) is 11.6 Å². The van der Waals surface area contributed by atoms with Gasteiger partial charge in [-0.25, -0.2) is 0 Å². The van der Waals surface area contributed by atoms with Crippen LogP contribution in [0.2, 0.25) is 0 Å².